The van der Waals surface area contributed by atoms with Crippen molar-refractivity contribution in [2.45, 2.75) is 17.7 Å². The Morgan fingerprint density at radius 3 is 2.77 bits per heavy atom. The van der Waals surface area contributed by atoms with E-state index in [1.54, 1.807) is 48.3 Å². The van der Waals surface area contributed by atoms with Gasteiger partial charge >= 0.3 is 5.69 Å². The highest BCUT2D eigenvalue weighted by atomic mass is 32.2. The second-order valence-corrected chi connectivity index (χ2v) is 6.29. The Morgan fingerprint density at radius 2 is 2.14 bits per heavy atom. The third-order valence-corrected chi connectivity index (χ3v) is 4.44. The fourth-order valence-electron chi connectivity index (χ4n) is 2.14. The topological polar surface area (TPSA) is 73.2 Å². The monoisotopic (exact) mass is 317 g/mol. The molecule has 6 nitrogen and oxygen atoms in total. The smallest absolute Gasteiger partial charge is 0.350 e. The summed E-state index contributed by atoms with van der Waals surface area (Å²) in [6.07, 6.45) is 1.63. The molecule has 2 atom stereocenters. The molecule has 0 saturated carbocycles. The van der Waals surface area contributed by atoms with Crippen molar-refractivity contribution < 1.29 is 9.53 Å². The van der Waals surface area contributed by atoms with Gasteiger partial charge < -0.3 is 10.1 Å². The van der Waals surface area contributed by atoms with E-state index in [2.05, 4.69) is 10.3 Å². The lowest BCUT2D eigenvalue weighted by atomic mass is 10.2. The van der Waals surface area contributed by atoms with Crippen LogP contribution in [-0.2, 0) is 4.74 Å². The molecule has 1 aromatic heterocycles. The van der Waals surface area contributed by atoms with Crippen LogP contribution in [0, 0.1) is 0 Å². The van der Waals surface area contributed by atoms with Crippen molar-refractivity contribution in [1.82, 2.24) is 9.55 Å². The highest BCUT2D eigenvalue weighted by molar-refractivity contribution is 8.00. The fourth-order valence-corrected chi connectivity index (χ4v) is 3.19. The van der Waals surface area contributed by atoms with E-state index < -0.39 is 5.69 Å². The van der Waals surface area contributed by atoms with Gasteiger partial charge in [0.2, 0.25) is 0 Å². The number of nitrogens with zero attached hydrogens (tertiary/aromatic N) is 2. The van der Waals surface area contributed by atoms with E-state index >= 15 is 0 Å². The molecule has 1 unspecified atom stereocenters. The van der Waals surface area contributed by atoms with Gasteiger partial charge in [-0.3, -0.25) is 9.36 Å². The third-order valence-electron chi connectivity index (χ3n) is 3.24. The van der Waals surface area contributed by atoms with Gasteiger partial charge in [-0.15, -0.1) is 11.8 Å². The van der Waals surface area contributed by atoms with Crippen LogP contribution in [0.25, 0.3) is 0 Å². The molecule has 0 bridgehead atoms. The SMILES string of the molecule is CC1OC[C@H](n2ccc(NC(=O)c3ccccc3)nc2=O)S1. The molecule has 1 amide bonds. The van der Waals surface area contributed by atoms with Gasteiger partial charge in [0.25, 0.3) is 5.91 Å². The molecule has 1 fully saturated rings. The summed E-state index contributed by atoms with van der Waals surface area (Å²) in [5.41, 5.74) is 0.178. The van der Waals surface area contributed by atoms with Crippen LogP contribution in [-0.4, -0.2) is 27.5 Å². The first-order valence-corrected chi connectivity index (χ1v) is 7.80. The molecule has 1 N–H and O–H groups in total. The van der Waals surface area contributed by atoms with E-state index in [-0.39, 0.29) is 22.5 Å². The Hall–Kier alpha value is -2.12. The molecular formula is C15H15N3O3S. The fraction of sp³-hybridized carbons (Fsp3) is 0.267. The molecule has 1 aliphatic heterocycles. The Morgan fingerprint density at radius 1 is 1.36 bits per heavy atom. The molecule has 114 valence electrons. The summed E-state index contributed by atoms with van der Waals surface area (Å²) in [6, 6.07) is 10.4. The number of anilines is 1. The normalized spacial score (nSPS) is 20.8. The van der Waals surface area contributed by atoms with Crippen molar-refractivity contribution in [3.05, 3.63) is 58.6 Å². The molecule has 1 saturated heterocycles. The lowest BCUT2D eigenvalue weighted by molar-refractivity contribution is 0.102. The highest BCUT2D eigenvalue weighted by Gasteiger charge is 2.25. The number of hydrogen-bond acceptors (Lipinski definition) is 5. The minimum absolute atomic E-state index is 0.0642. The summed E-state index contributed by atoms with van der Waals surface area (Å²) >= 11 is 1.56. The van der Waals surface area contributed by atoms with Gasteiger partial charge in [-0.1, -0.05) is 18.2 Å². The van der Waals surface area contributed by atoms with Crippen LogP contribution in [0.5, 0.6) is 0 Å². The molecule has 7 heteroatoms. The number of thioether (sulfide) groups is 1. The molecule has 0 aliphatic carbocycles. The van der Waals surface area contributed by atoms with Gasteiger partial charge in [-0.2, -0.15) is 4.98 Å². The largest absolute Gasteiger partial charge is 0.365 e. The molecule has 1 aliphatic rings. The molecule has 2 heterocycles. The highest BCUT2D eigenvalue weighted by Crippen LogP contribution is 2.33. The van der Waals surface area contributed by atoms with Crippen molar-refractivity contribution in [1.29, 1.82) is 0 Å². The first kappa shape index (κ1) is 14.8. The number of carbonyl (C=O) groups excluding carboxylic acids is 1. The maximum absolute atomic E-state index is 12.1. The van der Waals surface area contributed by atoms with Crippen LogP contribution in [0.1, 0.15) is 22.7 Å². The van der Waals surface area contributed by atoms with Gasteiger partial charge in [-0.25, -0.2) is 4.79 Å². The quantitative estimate of drug-likeness (QED) is 0.938. The minimum atomic E-state index is -0.402. The first-order chi connectivity index (χ1) is 10.6. The molecule has 1 aromatic carbocycles. The van der Waals surface area contributed by atoms with Gasteiger partial charge in [-0.05, 0) is 25.1 Å². The van der Waals surface area contributed by atoms with Crippen LogP contribution in [0.4, 0.5) is 5.82 Å². The van der Waals surface area contributed by atoms with Crippen LogP contribution in [0.2, 0.25) is 0 Å². The van der Waals surface area contributed by atoms with Crippen molar-refractivity contribution in [2.24, 2.45) is 0 Å². The van der Waals surface area contributed by atoms with Crippen LogP contribution < -0.4 is 11.0 Å². The van der Waals surface area contributed by atoms with E-state index in [0.29, 0.717) is 12.2 Å². The molecule has 22 heavy (non-hydrogen) atoms. The third kappa shape index (κ3) is 3.20. The molecule has 2 aromatic rings. The Balaban J connectivity index is 1.75. The zero-order valence-corrected chi connectivity index (χ0v) is 12.7. The number of amides is 1. The number of ether oxygens (including phenoxy) is 1. The maximum atomic E-state index is 12.1. The maximum Gasteiger partial charge on any atom is 0.350 e. The van der Waals surface area contributed by atoms with Crippen molar-refractivity contribution in [3.63, 3.8) is 0 Å². The number of aromatic nitrogens is 2. The number of nitrogens with one attached hydrogen (secondary N) is 1. The van der Waals surface area contributed by atoms with Crippen molar-refractivity contribution in [3.8, 4) is 0 Å². The number of benzene rings is 1. The zero-order valence-electron chi connectivity index (χ0n) is 11.9. The Bertz CT molecular complexity index is 732. The Kier molecular flexibility index (Phi) is 4.26. The summed E-state index contributed by atoms with van der Waals surface area (Å²) in [4.78, 5) is 28.0. The number of rotatable bonds is 3. The zero-order chi connectivity index (χ0) is 15.5. The van der Waals surface area contributed by atoms with Crippen molar-refractivity contribution >= 4 is 23.5 Å². The van der Waals surface area contributed by atoms with E-state index in [0.717, 1.165) is 0 Å². The van der Waals surface area contributed by atoms with Gasteiger partial charge in [0.05, 0.1) is 6.61 Å². The summed E-state index contributed by atoms with van der Waals surface area (Å²) in [5, 5.41) is 2.55. The van der Waals surface area contributed by atoms with Crippen LogP contribution in [0.3, 0.4) is 0 Å². The standard InChI is InChI=1S/C15H15N3O3S/c1-10-21-9-13(22-10)18-8-7-12(17-15(18)20)16-14(19)11-5-3-2-4-6-11/h2-8,10,13H,9H2,1H3,(H,16,17,19,20)/t10?,13-/m1/s1. The molecule has 3 rings (SSSR count). The van der Waals surface area contributed by atoms with Gasteiger partial charge in [0.15, 0.2) is 0 Å². The van der Waals surface area contributed by atoms with Gasteiger partial charge in [0.1, 0.15) is 16.6 Å². The predicted molar refractivity (Wildman–Crippen MR) is 84.9 cm³/mol. The molecule has 0 spiro atoms. The average Bonchev–Trinajstić information content (AvgIpc) is 2.94. The number of hydrogen-bond donors (Lipinski definition) is 1. The second-order valence-electron chi connectivity index (χ2n) is 4.81. The average molecular weight is 317 g/mol. The van der Waals surface area contributed by atoms with Crippen molar-refractivity contribution in [2.75, 3.05) is 11.9 Å². The molecular weight excluding hydrogens is 302 g/mol. The summed E-state index contributed by atoms with van der Waals surface area (Å²) in [6.45, 7) is 2.42. The van der Waals surface area contributed by atoms with Crippen LogP contribution >= 0.6 is 11.8 Å². The van der Waals surface area contributed by atoms with Gasteiger partial charge in [0, 0.05) is 11.8 Å². The summed E-state index contributed by atoms with van der Waals surface area (Å²) in [5.74, 6) is -0.0514. The predicted octanol–water partition coefficient (Wildman–Crippen LogP) is 2.10. The molecule has 0 radical (unpaired) electrons. The number of carbonyl (C=O) groups is 1. The van der Waals surface area contributed by atoms with E-state index in [1.165, 1.54) is 4.57 Å². The summed E-state index contributed by atoms with van der Waals surface area (Å²) in [7, 11) is 0. The lowest BCUT2D eigenvalue weighted by Crippen LogP contribution is -2.27. The Labute approximate surface area is 131 Å². The second kappa shape index (κ2) is 6.33. The van der Waals surface area contributed by atoms with E-state index in [1.807, 2.05) is 13.0 Å². The summed E-state index contributed by atoms with van der Waals surface area (Å²) < 4.78 is 6.95. The van der Waals surface area contributed by atoms with Crippen LogP contribution in [0.15, 0.2) is 47.4 Å². The van der Waals surface area contributed by atoms with E-state index in [4.69, 9.17) is 4.74 Å². The minimum Gasteiger partial charge on any atom is -0.365 e. The van der Waals surface area contributed by atoms with E-state index in [9.17, 15) is 9.59 Å². The first-order valence-electron chi connectivity index (χ1n) is 6.86. The lowest BCUT2D eigenvalue weighted by Gasteiger charge is -2.11.